The van der Waals surface area contributed by atoms with Gasteiger partial charge in [0.05, 0.1) is 5.69 Å². The summed E-state index contributed by atoms with van der Waals surface area (Å²) < 4.78 is 5.91. The minimum atomic E-state index is 0.231. The van der Waals surface area contributed by atoms with Gasteiger partial charge < -0.3 is 9.64 Å². The van der Waals surface area contributed by atoms with Crippen LogP contribution in [-0.2, 0) is 17.9 Å². The second-order valence-electron chi connectivity index (χ2n) is 7.83. The van der Waals surface area contributed by atoms with E-state index in [1.807, 2.05) is 38.4 Å². The molecular formula is C23H31N3O2. The first kappa shape index (κ1) is 20.3. The van der Waals surface area contributed by atoms with Crippen molar-refractivity contribution in [2.24, 2.45) is 5.92 Å². The summed E-state index contributed by atoms with van der Waals surface area (Å²) in [6.07, 6.45) is 5.86. The topological polar surface area (TPSA) is 45.7 Å². The molecule has 0 saturated carbocycles. The van der Waals surface area contributed by atoms with Crippen LogP contribution in [0.2, 0.25) is 0 Å². The summed E-state index contributed by atoms with van der Waals surface area (Å²) in [5.74, 6) is 1.73. The molecule has 0 radical (unpaired) electrons. The number of pyridine rings is 1. The van der Waals surface area contributed by atoms with Gasteiger partial charge in [0.15, 0.2) is 0 Å². The molecule has 1 aromatic carbocycles. The minimum Gasteiger partial charge on any atom is -0.487 e. The third-order valence-electron chi connectivity index (χ3n) is 5.29. The Kier molecular flexibility index (Phi) is 7.43. The van der Waals surface area contributed by atoms with Crippen LogP contribution in [0.15, 0.2) is 48.7 Å². The number of aromatic nitrogens is 1. The van der Waals surface area contributed by atoms with Gasteiger partial charge >= 0.3 is 0 Å². The summed E-state index contributed by atoms with van der Waals surface area (Å²) in [5, 5.41) is 0. The highest BCUT2D eigenvalue weighted by atomic mass is 16.5. The molecule has 0 bridgehead atoms. The van der Waals surface area contributed by atoms with E-state index in [1.165, 1.54) is 18.4 Å². The van der Waals surface area contributed by atoms with Crippen molar-refractivity contribution in [1.82, 2.24) is 14.8 Å². The predicted octanol–water partition coefficient (Wildman–Crippen LogP) is 3.74. The van der Waals surface area contributed by atoms with Gasteiger partial charge in [-0.1, -0.05) is 18.2 Å². The van der Waals surface area contributed by atoms with E-state index in [0.717, 1.165) is 37.5 Å². The Balaban J connectivity index is 1.49. The Labute approximate surface area is 168 Å². The highest BCUT2D eigenvalue weighted by Crippen LogP contribution is 2.24. The number of rotatable bonds is 8. The number of nitrogens with zero attached hydrogens (tertiary/aromatic N) is 3. The normalized spacial score (nSPS) is 17.3. The summed E-state index contributed by atoms with van der Waals surface area (Å²) in [6.45, 7) is 3.60. The molecule has 1 saturated heterocycles. The molecule has 5 nitrogen and oxygen atoms in total. The summed E-state index contributed by atoms with van der Waals surface area (Å²) in [4.78, 5) is 20.3. The maximum Gasteiger partial charge on any atom is 0.222 e. The Bertz CT molecular complexity index is 749. The van der Waals surface area contributed by atoms with Gasteiger partial charge in [-0.05, 0) is 61.6 Å². The van der Waals surface area contributed by atoms with Crippen LogP contribution in [0.1, 0.15) is 36.9 Å². The van der Waals surface area contributed by atoms with Crippen molar-refractivity contribution in [2.75, 3.05) is 27.2 Å². The fourth-order valence-electron chi connectivity index (χ4n) is 3.71. The fraction of sp³-hybridized carbons (Fsp3) is 0.478. The van der Waals surface area contributed by atoms with Crippen molar-refractivity contribution in [2.45, 2.75) is 38.8 Å². The summed E-state index contributed by atoms with van der Waals surface area (Å²) in [6, 6.07) is 14.2. The van der Waals surface area contributed by atoms with Crippen LogP contribution in [0.4, 0.5) is 0 Å². The Morgan fingerprint density at radius 3 is 2.93 bits per heavy atom. The molecule has 3 rings (SSSR count). The van der Waals surface area contributed by atoms with Crippen LogP contribution in [0, 0.1) is 5.92 Å². The van der Waals surface area contributed by atoms with Crippen molar-refractivity contribution in [3.63, 3.8) is 0 Å². The molecule has 1 aliphatic rings. The molecule has 1 amide bonds. The number of likely N-dealkylation sites (tertiary alicyclic amines) is 1. The maximum atomic E-state index is 11.9. The molecule has 1 fully saturated rings. The molecule has 1 aromatic heterocycles. The van der Waals surface area contributed by atoms with Crippen LogP contribution in [0.5, 0.6) is 5.75 Å². The zero-order valence-electron chi connectivity index (χ0n) is 17.0. The standard InChI is InChI=1S/C23H31N3O2/c1-25(2)23(27)12-11-19-8-6-14-26(16-19)17-20-7-5-10-22(15-20)28-18-21-9-3-4-13-24-21/h3-5,7,9-10,13,15,19H,6,8,11-12,14,16-18H2,1-2H3. The van der Waals surface area contributed by atoms with Crippen molar-refractivity contribution in [3.05, 3.63) is 59.9 Å². The van der Waals surface area contributed by atoms with Crippen LogP contribution in [0.25, 0.3) is 0 Å². The second kappa shape index (κ2) is 10.2. The fourth-order valence-corrected chi connectivity index (χ4v) is 3.71. The molecule has 0 spiro atoms. The van der Waals surface area contributed by atoms with Crippen molar-refractivity contribution >= 4 is 5.91 Å². The third-order valence-corrected chi connectivity index (χ3v) is 5.29. The van der Waals surface area contributed by atoms with Gasteiger partial charge in [-0.2, -0.15) is 0 Å². The molecule has 0 N–H and O–H groups in total. The first-order valence-corrected chi connectivity index (χ1v) is 10.1. The van der Waals surface area contributed by atoms with E-state index in [4.69, 9.17) is 4.74 Å². The van der Waals surface area contributed by atoms with E-state index in [-0.39, 0.29) is 5.91 Å². The number of hydrogen-bond donors (Lipinski definition) is 0. The van der Waals surface area contributed by atoms with E-state index in [1.54, 1.807) is 11.1 Å². The quantitative estimate of drug-likeness (QED) is 0.699. The first-order valence-electron chi connectivity index (χ1n) is 10.1. The van der Waals surface area contributed by atoms with Gasteiger partial charge in [0.25, 0.3) is 0 Å². The molecule has 1 atom stereocenters. The molecule has 5 heteroatoms. The average Bonchev–Trinajstić information content (AvgIpc) is 2.72. The zero-order chi connectivity index (χ0) is 19.8. The number of carbonyl (C=O) groups excluding carboxylic acids is 1. The minimum absolute atomic E-state index is 0.231. The number of benzene rings is 1. The molecular weight excluding hydrogens is 350 g/mol. The zero-order valence-corrected chi connectivity index (χ0v) is 17.0. The van der Waals surface area contributed by atoms with E-state index in [0.29, 0.717) is 18.9 Å². The molecule has 28 heavy (non-hydrogen) atoms. The van der Waals surface area contributed by atoms with Gasteiger partial charge in [-0.15, -0.1) is 0 Å². The number of carbonyl (C=O) groups is 1. The molecule has 1 aliphatic heterocycles. The lowest BCUT2D eigenvalue weighted by atomic mass is 9.93. The average molecular weight is 382 g/mol. The Hall–Kier alpha value is -2.40. The van der Waals surface area contributed by atoms with Crippen LogP contribution >= 0.6 is 0 Å². The first-order chi connectivity index (χ1) is 13.6. The predicted molar refractivity (Wildman–Crippen MR) is 111 cm³/mol. The number of amides is 1. The molecule has 2 aromatic rings. The third kappa shape index (κ3) is 6.34. The molecule has 0 aliphatic carbocycles. The van der Waals surface area contributed by atoms with Crippen molar-refractivity contribution < 1.29 is 9.53 Å². The maximum absolute atomic E-state index is 11.9. The SMILES string of the molecule is CN(C)C(=O)CCC1CCCN(Cc2cccc(OCc3ccccn3)c2)C1. The van der Waals surface area contributed by atoms with Gasteiger partial charge in [0.2, 0.25) is 5.91 Å². The van der Waals surface area contributed by atoms with Gasteiger partial charge in [0.1, 0.15) is 12.4 Å². The Morgan fingerprint density at radius 2 is 2.14 bits per heavy atom. The lowest BCUT2D eigenvalue weighted by Gasteiger charge is -2.33. The summed E-state index contributed by atoms with van der Waals surface area (Å²) >= 11 is 0. The monoisotopic (exact) mass is 381 g/mol. The van der Waals surface area contributed by atoms with Gasteiger partial charge in [0, 0.05) is 39.8 Å². The highest BCUT2D eigenvalue weighted by Gasteiger charge is 2.21. The van der Waals surface area contributed by atoms with E-state index in [2.05, 4.69) is 28.1 Å². The van der Waals surface area contributed by atoms with E-state index in [9.17, 15) is 4.79 Å². The number of piperidine rings is 1. The van der Waals surface area contributed by atoms with Crippen molar-refractivity contribution in [3.8, 4) is 5.75 Å². The number of ether oxygens (including phenoxy) is 1. The number of hydrogen-bond acceptors (Lipinski definition) is 4. The smallest absolute Gasteiger partial charge is 0.222 e. The van der Waals surface area contributed by atoms with E-state index >= 15 is 0 Å². The largest absolute Gasteiger partial charge is 0.487 e. The highest BCUT2D eigenvalue weighted by molar-refractivity contribution is 5.75. The van der Waals surface area contributed by atoms with Crippen LogP contribution < -0.4 is 4.74 Å². The van der Waals surface area contributed by atoms with E-state index < -0.39 is 0 Å². The molecule has 150 valence electrons. The summed E-state index contributed by atoms with van der Waals surface area (Å²) in [7, 11) is 3.66. The molecule has 1 unspecified atom stereocenters. The lowest BCUT2D eigenvalue weighted by Crippen LogP contribution is -2.35. The molecule has 2 heterocycles. The van der Waals surface area contributed by atoms with Gasteiger partial charge in [-0.25, -0.2) is 0 Å². The van der Waals surface area contributed by atoms with Crippen LogP contribution in [-0.4, -0.2) is 47.9 Å². The summed E-state index contributed by atoms with van der Waals surface area (Å²) in [5.41, 5.74) is 2.20. The van der Waals surface area contributed by atoms with Gasteiger partial charge in [-0.3, -0.25) is 14.7 Å². The van der Waals surface area contributed by atoms with Crippen molar-refractivity contribution in [1.29, 1.82) is 0 Å². The van der Waals surface area contributed by atoms with Crippen LogP contribution in [0.3, 0.4) is 0 Å². The lowest BCUT2D eigenvalue weighted by molar-refractivity contribution is -0.129. The second-order valence-corrected chi connectivity index (χ2v) is 7.83. The Morgan fingerprint density at radius 1 is 1.25 bits per heavy atom.